The van der Waals surface area contributed by atoms with Gasteiger partial charge in [-0.1, -0.05) is 42.5 Å². The molecule has 0 aliphatic rings. The smallest absolute Gasteiger partial charge is 0.408 e. The Morgan fingerprint density at radius 2 is 1.87 bits per heavy atom. The molecule has 0 radical (unpaired) electrons. The monoisotopic (exact) mass is 312 g/mol. The SMILES string of the molecule is C[C@@H](C(=O)NOCc1ccccc1)n1c(=O)oc2ccccc21. The Labute approximate surface area is 132 Å². The lowest BCUT2D eigenvalue weighted by Crippen LogP contribution is -2.34. The molecule has 1 amide bonds. The Hall–Kier alpha value is -2.86. The number of hydroxylamine groups is 1. The van der Waals surface area contributed by atoms with Gasteiger partial charge in [0.05, 0.1) is 12.1 Å². The van der Waals surface area contributed by atoms with E-state index in [0.29, 0.717) is 11.1 Å². The third-order valence-electron chi connectivity index (χ3n) is 3.54. The van der Waals surface area contributed by atoms with Crippen LogP contribution in [-0.2, 0) is 16.2 Å². The fraction of sp³-hybridized carbons (Fsp3) is 0.176. The second kappa shape index (κ2) is 6.50. The van der Waals surface area contributed by atoms with Crippen molar-refractivity contribution < 1.29 is 14.0 Å². The van der Waals surface area contributed by atoms with Gasteiger partial charge >= 0.3 is 5.76 Å². The van der Waals surface area contributed by atoms with Crippen molar-refractivity contribution in [2.45, 2.75) is 19.6 Å². The maximum Gasteiger partial charge on any atom is 0.420 e. The molecule has 1 aromatic heterocycles. The highest BCUT2D eigenvalue weighted by atomic mass is 16.6. The lowest BCUT2D eigenvalue weighted by Gasteiger charge is -2.13. The Kier molecular flexibility index (Phi) is 4.25. The van der Waals surface area contributed by atoms with E-state index in [1.807, 2.05) is 30.3 Å². The van der Waals surface area contributed by atoms with Crippen molar-refractivity contribution in [2.75, 3.05) is 0 Å². The second-order valence-electron chi connectivity index (χ2n) is 5.12. The van der Waals surface area contributed by atoms with Crippen molar-refractivity contribution in [1.82, 2.24) is 10.0 Å². The van der Waals surface area contributed by atoms with Crippen LogP contribution >= 0.6 is 0 Å². The lowest BCUT2D eigenvalue weighted by atomic mass is 10.2. The number of nitrogens with one attached hydrogen (secondary N) is 1. The molecule has 1 heterocycles. The van der Waals surface area contributed by atoms with E-state index < -0.39 is 17.7 Å². The zero-order chi connectivity index (χ0) is 16.2. The molecule has 1 N–H and O–H groups in total. The third-order valence-corrected chi connectivity index (χ3v) is 3.54. The van der Waals surface area contributed by atoms with Crippen LogP contribution in [0.25, 0.3) is 11.1 Å². The van der Waals surface area contributed by atoms with E-state index >= 15 is 0 Å². The summed E-state index contributed by atoms with van der Waals surface area (Å²) in [7, 11) is 0. The van der Waals surface area contributed by atoms with Crippen molar-refractivity contribution in [2.24, 2.45) is 0 Å². The van der Waals surface area contributed by atoms with Crippen molar-refractivity contribution >= 4 is 17.0 Å². The molecule has 3 rings (SSSR count). The van der Waals surface area contributed by atoms with Crippen LogP contribution < -0.4 is 11.2 Å². The largest absolute Gasteiger partial charge is 0.420 e. The van der Waals surface area contributed by atoms with Gasteiger partial charge in [0.2, 0.25) is 0 Å². The topological polar surface area (TPSA) is 73.5 Å². The number of rotatable bonds is 5. The first-order chi connectivity index (χ1) is 11.2. The van der Waals surface area contributed by atoms with Crippen LogP contribution in [-0.4, -0.2) is 10.5 Å². The third kappa shape index (κ3) is 3.17. The van der Waals surface area contributed by atoms with E-state index in [-0.39, 0.29) is 6.61 Å². The zero-order valence-corrected chi connectivity index (χ0v) is 12.6. The summed E-state index contributed by atoms with van der Waals surface area (Å²) in [5, 5.41) is 0. The van der Waals surface area contributed by atoms with Crippen LogP contribution in [0.2, 0.25) is 0 Å². The standard InChI is InChI=1S/C17H16N2O4/c1-12(16(20)18-22-11-13-7-3-2-4-8-13)19-14-9-5-6-10-15(14)23-17(19)21/h2-10,12H,11H2,1H3,(H,18,20)/t12-/m0/s1. The fourth-order valence-corrected chi connectivity index (χ4v) is 2.32. The van der Waals surface area contributed by atoms with Gasteiger partial charge in [-0.2, -0.15) is 0 Å². The maximum atomic E-state index is 12.2. The van der Waals surface area contributed by atoms with Gasteiger partial charge in [-0.3, -0.25) is 14.2 Å². The molecule has 6 nitrogen and oxygen atoms in total. The first-order valence-corrected chi connectivity index (χ1v) is 7.22. The number of hydrogen-bond donors (Lipinski definition) is 1. The highest BCUT2D eigenvalue weighted by molar-refractivity contribution is 5.82. The summed E-state index contributed by atoms with van der Waals surface area (Å²) in [6.45, 7) is 1.87. The first-order valence-electron chi connectivity index (χ1n) is 7.22. The minimum absolute atomic E-state index is 0.250. The Morgan fingerprint density at radius 3 is 2.65 bits per heavy atom. The molecule has 0 fully saturated rings. The van der Waals surface area contributed by atoms with E-state index in [4.69, 9.17) is 9.25 Å². The number of fused-ring (bicyclic) bond motifs is 1. The molecule has 2 aromatic carbocycles. The van der Waals surface area contributed by atoms with Crippen molar-refractivity contribution in [3.05, 3.63) is 70.7 Å². The zero-order valence-electron chi connectivity index (χ0n) is 12.6. The highest BCUT2D eigenvalue weighted by Gasteiger charge is 2.21. The van der Waals surface area contributed by atoms with Crippen molar-refractivity contribution in [1.29, 1.82) is 0 Å². The number of carbonyl (C=O) groups excluding carboxylic acids is 1. The predicted octanol–water partition coefficient (Wildman–Crippen LogP) is 2.40. The van der Waals surface area contributed by atoms with E-state index in [0.717, 1.165) is 5.56 Å². The number of oxazole rings is 1. The van der Waals surface area contributed by atoms with Gasteiger partial charge in [0.25, 0.3) is 5.91 Å². The molecule has 1 atom stereocenters. The fourth-order valence-electron chi connectivity index (χ4n) is 2.32. The number of hydrogen-bond acceptors (Lipinski definition) is 4. The molecule has 0 unspecified atom stereocenters. The first kappa shape index (κ1) is 15.1. The summed E-state index contributed by atoms with van der Waals surface area (Å²) in [4.78, 5) is 29.4. The summed E-state index contributed by atoms with van der Waals surface area (Å²) in [6, 6.07) is 15.7. The summed E-state index contributed by atoms with van der Waals surface area (Å²) in [5.74, 6) is -0.994. The Balaban J connectivity index is 1.69. The van der Waals surface area contributed by atoms with Gasteiger partial charge in [0, 0.05) is 0 Å². The predicted molar refractivity (Wildman–Crippen MR) is 84.6 cm³/mol. The number of benzene rings is 2. The van der Waals surface area contributed by atoms with Crippen molar-refractivity contribution in [3.63, 3.8) is 0 Å². The average Bonchev–Trinajstić information content (AvgIpc) is 2.90. The number of nitrogens with zero attached hydrogens (tertiary/aromatic N) is 1. The van der Waals surface area contributed by atoms with E-state index in [9.17, 15) is 9.59 Å². The highest BCUT2D eigenvalue weighted by Crippen LogP contribution is 2.16. The summed E-state index contributed by atoms with van der Waals surface area (Å²) < 4.78 is 6.43. The molecular formula is C17H16N2O4. The Morgan fingerprint density at radius 1 is 1.17 bits per heavy atom. The van der Waals surface area contributed by atoms with Gasteiger partial charge in [0.1, 0.15) is 6.04 Å². The van der Waals surface area contributed by atoms with E-state index in [1.54, 1.807) is 31.2 Å². The van der Waals surface area contributed by atoms with Crippen LogP contribution in [0.15, 0.2) is 63.8 Å². The van der Waals surface area contributed by atoms with Crippen molar-refractivity contribution in [3.8, 4) is 0 Å². The number of para-hydroxylation sites is 2. The number of carbonyl (C=O) groups is 1. The number of aromatic nitrogens is 1. The molecule has 23 heavy (non-hydrogen) atoms. The van der Waals surface area contributed by atoms with E-state index in [1.165, 1.54) is 4.57 Å². The average molecular weight is 312 g/mol. The molecule has 118 valence electrons. The second-order valence-corrected chi connectivity index (χ2v) is 5.12. The lowest BCUT2D eigenvalue weighted by molar-refractivity contribution is -0.137. The summed E-state index contributed by atoms with van der Waals surface area (Å²) in [5.41, 5.74) is 4.33. The summed E-state index contributed by atoms with van der Waals surface area (Å²) in [6.07, 6.45) is 0. The van der Waals surface area contributed by atoms with Gasteiger partial charge in [0.15, 0.2) is 5.58 Å². The normalized spacial score (nSPS) is 12.2. The summed E-state index contributed by atoms with van der Waals surface area (Å²) >= 11 is 0. The minimum atomic E-state index is -0.748. The molecule has 0 bridgehead atoms. The van der Waals surface area contributed by atoms with Crippen LogP contribution in [0.4, 0.5) is 0 Å². The van der Waals surface area contributed by atoms with Gasteiger partial charge < -0.3 is 4.42 Å². The van der Waals surface area contributed by atoms with E-state index in [2.05, 4.69) is 5.48 Å². The van der Waals surface area contributed by atoms with Gasteiger partial charge in [-0.25, -0.2) is 10.3 Å². The Bertz CT molecular complexity index is 867. The van der Waals surface area contributed by atoms with Crippen LogP contribution in [0.1, 0.15) is 18.5 Å². The van der Waals surface area contributed by atoms with Crippen LogP contribution in [0.3, 0.4) is 0 Å². The molecular weight excluding hydrogens is 296 g/mol. The van der Waals surface area contributed by atoms with Gasteiger partial charge in [-0.15, -0.1) is 0 Å². The molecule has 0 aliphatic carbocycles. The molecule has 0 spiro atoms. The molecule has 6 heteroatoms. The number of amides is 1. The maximum absolute atomic E-state index is 12.2. The van der Waals surface area contributed by atoms with Crippen LogP contribution in [0, 0.1) is 0 Å². The molecule has 0 saturated heterocycles. The molecule has 0 saturated carbocycles. The molecule has 3 aromatic rings. The minimum Gasteiger partial charge on any atom is -0.408 e. The van der Waals surface area contributed by atoms with Gasteiger partial charge in [-0.05, 0) is 24.6 Å². The molecule has 0 aliphatic heterocycles. The quantitative estimate of drug-likeness (QED) is 0.734. The van der Waals surface area contributed by atoms with Crippen LogP contribution in [0.5, 0.6) is 0 Å².